The zero-order valence-electron chi connectivity index (χ0n) is 11.3. The Labute approximate surface area is 113 Å². The van der Waals surface area contributed by atoms with Gasteiger partial charge in [0.15, 0.2) is 11.6 Å². The summed E-state index contributed by atoms with van der Waals surface area (Å²) in [6, 6.07) is 2.66. The Morgan fingerprint density at radius 1 is 0.947 bits per heavy atom. The van der Waals surface area contributed by atoms with Crippen molar-refractivity contribution >= 4 is 12.6 Å². The summed E-state index contributed by atoms with van der Waals surface area (Å²) in [7, 11) is -1.97. The largest absolute Gasteiger partial charge is 0.491 e. The van der Waals surface area contributed by atoms with Gasteiger partial charge in [0, 0.05) is 5.46 Å². The van der Waals surface area contributed by atoms with Crippen molar-refractivity contribution < 1.29 is 18.8 Å². The second-order valence-electron chi connectivity index (χ2n) is 4.83. The fourth-order valence-corrected chi connectivity index (χ4v) is 2.09. The van der Waals surface area contributed by atoms with Crippen molar-refractivity contribution in [2.45, 2.75) is 51.9 Å². The monoisotopic (exact) mass is 270 g/mol. The quantitative estimate of drug-likeness (QED) is 0.563. The Hall–Kier alpha value is -0.935. The molecule has 2 nitrogen and oxygen atoms in total. The molecule has 0 amide bonds. The molecule has 19 heavy (non-hydrogen) atoms. The minimum Gasteiger partial charge on any atom is -0.423 e. The molecule has 0 bridgehead atoms. The third-order valence-corrected chi connectivity index (χ3v) is 3.27. The minimum atomic E-state index is -1.97. The molecule has 0 aliphatic rings. The van der Waals surface area contributed by atoms with Crippen LogP contribution >= 0.6 is 0 Å². The molecule has 0 aliphatic heterocycles. The van der Waals surface area contributed by atoms with Crippen molar-refractivity contribution in [3.63, 3.8) is 0 Å². The summed E-state index contributed by atoms with van der Waals surface area (Å²) in [4.78, 5) is 0. The summed E-state index contributed by atoms with van der Waals surface area (Å²) < 4.78 is 27.1. The van der Waals surface area contributed by atoms with Gasteiger partial charge in [0.1, 0.15) is 0 Å². The van der Waals surface area contributed by atoms with Gasteiger partial charge < -0.3 is 10.0 Å². The summed E-state index contributed by atoms with van der Waals surface area (Å²) in [5.74, 6) is -2.11. The van der Waals surface area contributed by atoms with Gasteiger partial charge in [-0.1, -0.05) is 51.2 Å². The van der Waals surface area contributed by atoms with Gasteiger partial charge in [-0.3, -0.25) is 0 Å². The highest BCUT2D eigenvalue weighted by Gasteiger charge is 2.21. The molecule has 1 aromatic rings. The molecule has 1 aromatic carbocycles. The van der Waals surface area contributed by atoms with E-state index in [1.54, 1.807) is 0 Å². The molecule has 0 aliphatic carbocycles. The fourth-order valence-electron chi connectivity index (χ4n) is 2.09. The van der Waals surface area contributed by atoms with Crippen molar-refractivity contribution in [3.05, 3.63) is 29.3 Å². The normalized spacial score (nSPS) is 10.8. The molecule has 0 saturated carbocycles. The van der Waals surface area contributed by atoms with E-state index in [1.807, 2.05) is 0 Å². The van der Waals surface area contributed by atoms with Crippen LogP contribution in [0.5, 0.6) is 0 Å². The summed E-state index contributed by atoms with van der Waals surface area (Å²) in [5.41, 5.74) is -0.110. The molecule has 0 atom stereocenters. The fraction of sp³-hybridized carbons (Fsp3) is 0.571. The van der Waals surface area contributed by atoms with Crippen molar-refractivity contribution in [1.82, 2.24) is 0 Å². The Bertz CT molecular complexity index is 397. The van der Waals surface area contributed by atoms with Crippen molar-refractivity contribution in [1.29, 1.82) is 0 Å². The Kier molecular flexibility index (Phi) is 7.02. The van der Waals surface area contributed by atoms with Crippen LogP contribution in [0, 0.1) is 11.6 Å². The molecule has 5 heteroatoms. The molecule has 1 rings (SSSR count). The number of rotatable bonds is 8. The van der Waals surface area contributed by atoms with Crippen LogP contribution in [-0.4, -0.2) is 17.2 Å². The van der Waals surface area contributed by atoms with Gasteiger partial charge in [-0.25, -0.2) is 8.78 Å². The lowest BCUT2D eigenvalue weighted by atomic mass is 9.79. The van der Waals surface area contributed by atoms with Crippen molar-refractivity contribution in [2.24, 2.45) is 0 Å². The second-order valence-corrected chi connectivity index (χ2v) is 4.83. The summed E-state index contributed by atoms with van der Waals surface area (Å²) in [6.45, 7) is 2.15. The lowest BCUT2D eigenvalue weighted by molar-refractivity contribution is 0.419. The minimum absolute atomic E-state index is 0.303. The van der Waals surface area contributed by atoms with E-state index in [4.69, 9.17) is 10.0 Å². The highest BCUT2D eigenvalue weighted by atomic mass is 19.2. The first kappa shape index (κ1) is 16.1. The van der Waals surface area contributed by atoms with Gasteiger partial charge in [0.05, 0.1) is 0 Å². The average molecular weight is 270 g/mol. The number of hydrogen-bond donors (Lipinski definition) is 2. The molecule has 0 spiro atoms. The molecule has 2 N–H and O–H groups in total. The van der Waals surface area contributed by atoms with Crippen molar-refractivity contribution in [2.75, 3.05) is 0 Å². The predicted octanol–water partition coefficient (Wildman–Crippen LogP) is 2.55. The summed E-state index contributed by atoms with van der Waals surface area (Å²) in [6.07, 6.45) is 7.01. The molecular formula is C14H21BF2O2. The molecule has 106 valence electrons. The van der Waals surface area contributed by atoms with Crippen LogP contribution in [0.1, 0.15) is 51.0 Å². The summed E-state index contributed by atoms with van der Waals surface area (Å²) >= 11 is 0. The average Bonchev–Trinajstić information content (AvgIpc) is 2.38. The molecule has 0 aromatic heterocycles. The van der Waals surface area contributed by atoms with E-state index in [-0.39, 0.29) is 0 Å². The first-order chi connectivity index (χ1) is 9.07. The SMILES string of the molecule is CCCCCCCCc1ccc(B(O)O)c(F)c1F. The van der Waals surface area contributed by atoms with Gasteiger partial charge >= 0.3 is 7.12 Å². The topological polar surface area (TPSA) is 40.5 Å². The van der Waals surface area contributed by atoms with Crippen LogP contribution in [0.25, 0.3) is 0 Å². The van der Waals surface area contributed by atoms with Gasteiger partial charge in [0.25, 0.3) is 0 Å². The maximum Gasteiger partial charge on any atom is 0.491 e. The first-order valence-electron chi connectivity index (χ1n) is 6.90. The number of benzene rings is 1. The van der Waals surface area contributed by atoms with E-state index in [9.17, 15) is 8.78 Å². The van der Waals surface area contributed by atoms with E-state index >= 15 is 0 Å². The summed E-state index contributed by atoms with van der Waals surface area (Å²) in [5, 5.41) is 17.7. The smallest absolute Gasteiger partial charge is 0.423 e. The highest BCUT2D eigenvalue weighted by molar-refractivity contribution is 6.58. The number of aryl methyl sites for hydroxylation is 1. The van der Waals surface area contributed by atoms with Gasteiger partial charge in [-0.2, -0.15) is 0 Å². The van der Waals surface area contributed by atoms with Gasteiger partial charge in [-0.05, 0) is 18.4 Å². The lowest BCUT2D eigenvalue weighted by Gasteiger charge is -2.08. The van der Waals surface area contributed by atoms with Crippen LogP contribution in [0.2, 0.25) is 0 Å². The second kappa shape index (κ2) is 8.28. The van der Waals surface area contributed by atoms with Crippen LogP contribution < -0.4 is 5.46 Å². The lowest BCUT2D eigenvalue weighted by Crippen LogP contribution is -2.33. The molecule has 0 unspecified atom stereocenters. The number of hydrogen-bond acceptors (Lipinski definition) is 2. The molecule has 0 heterocycles. The molecule has 0 radical (unpaired) electrons. The number of halogens is 2. The zero-order chi connectivity index (χ0) is 14.3. The standard InChI is InChI=1S/C14H21BF2O2/c1-2-3-4-5-6-7-8-11-9-10-12(15(18)19)14(17)13(11)16/h9-10,18-19H,2-8H2,1H3. The molecular weight excluding hydrogens is 249 g/mol. The third kappa shape index (κ3) is 4.92. The molecule has 0 saturated heterocycles. The Morgan fingerprint density at radius 2 is 1.58 bits per heavy atom. The van der Waals surface area contributed by atoms with Crippen molar-refractivity contribution in [3.8, 4) is 0 Å². The van der Waals surface area contributed by atoms with E-state index in [0.29, 0.717) is 12.0 Å². The Morgan fingerprint density at radius 3 is 2.21 bits per heavy atom. The van der Waals surface area contributed by atoms with E-state index in [2.05, 4.69) is 6.92 Å². The van der Waals surface area contributed by atoms with Gasteiger partial charge in [-0.15, -0.1) is 0 Å². The predicted molar refractivity (Wildman–Crippen MR) is 73.3 cm³/mol. The molecule has 0 fully saturated rings. The van der Waals surface area contributed by atoms with Crippen LogP contribution in [0.3, 0.4) is 0 Å². The van der Waals surface area contributed by atoms with E-state index in [1.165, 1.54) is 31.4 Å². The van der Waals surface area contributed by atoms with E-state index in [0.717, 1.165) is 19.3 Å². The third-order valence-electron chi connectivity index (χ3n) is 3.27. The van der Waals surface area contributed by atoms with Crippen LogP contribution in [-0.2, 0) is 6.42 Å². The van der Waals surface area contributed by atoms with Gasteiger partial charge in [0.2, 0.25) is 0 Å². The maximum atomic E-state index is 13.7. The Balaban J connectivity index is 2.49. The zero-order valence-corrected chi connectivity index (χ0v) is 11.3. The maximum absolute atomic E-state index is 13.7. The highest BCUT2D eigenvalue weighted by Crippen LogP contribution is 2.14. The van der Waals surface area contributed by atoms with Crippen LogP contribution in [0.4, 0.5) is 8.78 Å². The number of unbranched alkanes of at least 4 members (excludes halogenated alkanes) is 5. The van der Waals surface area contributed by atoms with E-state index < -0.39 is 24.2 Å². The first-order valence-corrected chi connectivity index (χ1v) is 6.90. The van der Waals surface area contributed by atoms with Crippen LogP contribution in [0.15, 0.2) is 12.1 Å².